The Hall–Kier alpha value is -2.82. The normalized spacial score (nSPS) is 14.7. The molecular formula is C22H25NO4. The molecule has 1 amide bonds. The number of ether oxygens (including phenoxy) is 2. The van der Waals surface area contributed by atoms with E-state index in [0.717, 1.165) is 11.1 Å². The smallest absolute Gasteiger partial charge is 0.253 e. The van der Waals surface area contributed by atoms with Gasteiger partial charge in [-0.3, -0.25) is 9.59 Å². The molecule has 27 heavy (non-hydrogen) atoms. The number of methoxy groups -OCH3 is 2. The number of hydrogen-bond acceptors (Lipinski definition) is 4. The molecule has 1 heterocycles. The Morgan fingerprint density at radius 3 is 2.07 bits per heavy atom. The molecule has 5 nitrogen and oxygen atoms in total. The minimum atomic E-state index is -0.0443. The molecule has 0 N–H and O–H groups in total. The number of amides is 1. The summed E-state index contributed by atoms with van der Waals surface area (Å²) in [7, 11) is 3.11. The first kappa shape index (κ1) is 19.0. The van der Waals surface area contributed by atoms with Gasteiger partial charge in [0.2, 0.25) is 0 Å². The van der Waals surface area contributed by atoms with Gasteiger partial charge in [-0.15, -0.1) is 0 Å². The van der Waals surface area contributed by atoms with Crippen LogP contribution in [0.3, 0.4) is 0 Å². The Kier molecular flexibility index (Phi) is 5.79. The largest absolute Gasteiger partial charge is 0.493 e. The molecule has 0 radical (unpaired) electrons. The summed E-state index contributed by atoms with van der Waals surface area (Å²) in [5, 5.41) is 0. The Morgan fingerprint density at radius 1 is 0.889 bits per heavy atom. The second-order valence-corrected chi connectivity index (χ2v) is 6.87. The standard InChI is InChI=1S/C22H25NO4/c1-15-4-6-16(7-5-15)21(24)17-10-12-23(13-11-17)22(25)18-8-9-19(26-2)20(14-18)27-3/h4-9,14,17H,10-13H2,1-3H3. The van der Waals surface area contributed by atoms with Gasteiger partial charge < -0.3 is 14.4 Å². The second-order valence-electron chi connectivity index (χ2n) is 6.87. The first-order chi connectivity index (χ1) is 13.0. The zero-order chi connectivity index (χ0) is 19.4. The van der Waals surface area contributed by atoms with Crippen molar-refractivity contribution in [1.82, 2.24) is 4.90 Å². The number of hydrogen-bond donors (Lipinski definition) is 0. The van der Waals surface area contributed by atoms with E-state index in [0.29, 0.717) is 43.0 Å². The average molecular weight is 367 g/mol. The van der Waals surface area contributed by atoms with Crippen molar-refractivity contribution in [2.75, 3.05) is 27.3 Å². The summed E-state index contributed by atoms with van der Waals surface area (Å²) in [6.45, 7) is 3.16. The fraction of sp³-hybridized carbons (Fsp3) is 0.364. The fourth-order valence-corrected chi connectivity index (χ4v) is 3.45. The molecule has 1 aliphatic rings. The van der Waals surface area contributed by atoms with Crippen LogP contribution in [0.15, 0.2) is 42.5 Å². The van der Waals surface area contributed by atoms with Crippen molar-refractivity contribution >= 4 is 11.7 Å². The van der Waals surface area contributed by atoms with Crippen LogP contribution in [0.2, 0.25) is 0 Å². The van der Waals surface area contributed by atoms with Gasteiger partial charge in [-0.05, 0) is 38.0 Å². The van der Waals surface area contributed by atoms with Crippen molar-refractivity contribution in [2.24, 2.45) is 5.92 Å². The summed E-state index contributed by atoms with van der Waals surface area (Å²) in [4.78, 5) is 27.3. The first-order valence-electron chi connectivity index (χ1n) is 9.15. The van der Waals surface area contributed by atoms with Crippen LogP contribution in [-0.4, -0.2) is 43.9 Å². The Morgan fingerprint density at radius 2 is 1.48 bits per heavy atom. The highest BCUT2D eigenvalue weighted by molar-refractivity contribution is 5.98. The number of rotatable bonds is 5. The number of aryl methyl sites for hydroxylation is 1. The summed E-state index contributed by atoms with van der Waals surface area (Å²) in [5.41, 5.74) is 2.46. The average Bonchev–Trinajstić information content (AvgIpc) is 2.72. The third kappa shape index (κ3) is 4.13. The molecule has 1 aliphatic heterocycles. The van der Waals surface area contributed by atoms with E-state index >= 15 is 0 Å². The molecule has 0 bridgehead atoms. The Balaban J connectivity index is 1.64. The van der Waals surface area contributed by atoms with E-state index in [1.165, 1.54) is 0 Å². The summed E-state index contributed by atoms with van der Waals surface area (Å²) in [6, 6.07) is 12.9. The van der Waals surface area contributed by atoms with Crippen molar-refractivity contribution in [3.8, 4) is 11.5 Å². The van der Waals surface area contributed by atoms with Gasteiger partial charge in [0.1, 0.15) is 0 Å². The van der Waals surface area contributed by atoms with Crippen molar-refractivity contribution < 1.29 is 19.1 Å². The van der Waals surface area contributed by atoms with Crippen LogP contribution in [-0.2, 0) is 0 Å². The Labute approximate surface area is 159 Å². The highest BCUT2D eigenvalue weighted by Crippen LogP contribution is 2.29. The highest BCUT2D eigenvalue weighted by Gasteiger charge is 2.28. The number of Topliss-reactive ketones (excluding diaryl/α,β-unsaturated/α-hetero) is 1. The summed E-state index contributed by atoms with van der Waals surface area (Å²) in [5.74, 6) is 1.23. The third-order valence-corrected chi connectivity index (χ3v) is 5.12. The number of nitrogens with zero attached hydrogens (tertiary/aromatic N) is 1. The van der Waals surface area contributed by atoms with E-state index in [2.05, 4.69) is 0 Å². The van der Waals surface area contributed by atoms with Crippen LogP contribution >= 0.6 is 0 Å². The van der Waals surface area contributed by atoms with Crippen molar-refractivity contribution in [3.05, 3.63) is 59.2 Å². The van der Waals surface area contributed by atoms with Crippen LogP contribution in [0.25, 0.3) is 0 Å². The van der Waals surface area contributed by atoms with E-state index in [1.807, 2.05) is 31.2 Å². The molecule has 0 saturated carbocycles. The maximum Gasteiger partial charge on any atom is 0.253 e. The minimum absolute atomic E-state index is 0.0258. The maximum absolute atomic E-state index is 12.8. The van der Waals surface area contributed by atoms with Crippen molar-refractivity contribution in [2.45, 2.75) is 19.8 Å². The van der Waals surface area contributed by atoms with Gasteiger partial charge in [0.15, 0.2) is 17.3 Å². The monoisotopic (exact) mass is 367 g/mol. The number of likely N-dealkylation sites (tertiary alicyclic amines) is 1. The predicted octanol–water partition coefficient (Wildman–Crippen LogP) is 3.75. The van der Waals surface area contributed by atoms with Crippen molar-refractivity contribution in [1.29, 1.82) is 0 Å². The van der Waals surface area contributed by atoms with E-state index < -0.39 is 0 Å². The maximum atomic E-state index is 12.8. The quantitative estimate of drug-likeness (QED) is 0.756. The van der Waals surface area contributed by atoms with Gasteiger partial charge in [-0.25, -0.2) is 0 Å². The third-order valence-electron chi connectivity index (χ3n) is 5.12. The summed E-state index contributed by atoms with van der Waals surface area (Å²) in [6.07, 6.45) is 1.37. The molecule has 0 spiro atoms. The molecule has 142 valence electrons. The molecule has 5 heteroatoms. The SMILES string of the molecule is COc1ccc(C(=O)N2CCC(C(=O)c3ccc(C)cc3)CC2)cc1OC. The summed E-state index contributed by atoms with van der Waals surface area (Å²) >= 11 is 0. The Bertz CT molecular complexity index is 821. The number of piperidine rings is 1. The molecular weight excluding hydrogens is 342 g/mol. The lowest BCUT2D eigenvalue weighted by Gasteiger charge is -2.31. The van der Waals surface area contributed by atoms with Gasteiger partial charge in [0.05, 0.1) is 14.2 Å². The molecule has 0 unspecified atom stereocenters. The second kappa shape index (κ2) is 8.25. The van der Waals surface area contributed by atoms with Gasteiger partial charge >= 0.3 is 0 Å². The topological polar surface area (TPSA) is 55.8 Å². The number of ketones is 1. The molecule has 3 rings (SSSR count). The predicted molar refractivity (Wildman–Crippen MR) is 104 cm³/mol. The lowest BCUT2D eigenvalue weighted by atomic mass is 9.88. The number of carbonyl (C=O) groups is 2. The van der Waals surface area contributed by atoms with E-state index in [-0.39, 0.29) is 17.6 Å². The molecule has 0 aromatic heterocycles. The molecule has 0 aliphatic carbocycles. The van der Waals surface area contributed by atoms with Gasteiger partial charge in [0.25, 0.3) is 5.91 Å². The molecule has 2 aromatic rings. The van der Waals surface area contributed by atoms with Crippen LogP contribution in [0.1, 0.15) is 39.1 Å². The lowest BCUT2D eigenvalue weighted by Crippen LogP contribution is -2.40. The van der Waals surface area contributed by atoms with E-state index in [1.54, 1.807) is 37.3 Å². The number of carbonyl (C=O) groups excluding carboxylic acids is 2. The van der Waals surface area contributed by atoms with Crippen LogP contribution in [0, 0.1) is 12.8 Å². The molecule has 0 atom stereocenters. The van der Waals surface area contributed by atoms with E-state index in [9.17, 15) is 9.59 Å². The van der Waals surface area contributed by atoms with Gasteiger partial charge in [-0.1, -0.05) is 29.8 Å². The van der Waals surface area contributed by atoms with E-state index in [4.69, 9.17) is 9.47 Å². The zero-order valence-electron chi connectivity index (χ0n) is 16.0. The molecule has 2 aromatic carbocycles. The highest BCUT2D eigenvalue weighted by atomic mass is 16.5. The van der Waals surface area contributed by atoms with Crippen LogP contribution < -0.4 is 9.47 Å². The van der Waals surface area contributed by atoms with Gasteiger partial charge in [-0.2, -0.15) is 0 Å². The van der Waals surface area contributed by atoms with Crippen LogP contribution in [0.5, 0.6) is 11.5 Å². The van der Waals surface area contributed by atoms with Crippen LogP contribution in [0.4, 0.5) is 0 Å². The van der Waals surface area contributed by atoms with Gasteiger partial charge in [0, 0.05) is 30.1 Å². The van der Waals surface area contributed by atoms with Crippen molar-refractivity contribution in [3.63, 3.8) is 0 Å². The number of benzene rings is 2. The zero-order valence-corrected chi connectivity index (χ0v) is 16.0. The minimum Gasteiger partial charge on any atom is -0.493 e. The lowest BCUT2D eigenvalue weighted by molar-refractivity contribution is 0.0650. The molecule has 1 saturated heterocycles. The molecule has 1 fully saturated rings. The fourth-order valence-electron chi connectivity index (χ4n) is 3.45. The first-order valence-corrected chi connectivity index (χ1v) is 9.15. The summed E-state index contributed by atoms with van der Waals surface area (Å²) < 4.78 is 10.5.